The minimum absolute atomic E-state index is 0.184. The Kier molecular flexibility index (Phi) is 3.10. The fraction of sp³-hybridized carbons (Fsp3) is 0.125. The van der Waals surface area contributed by atoms with E-state index in [1.54, 1.807) is 6.07 Å². The highest BCUT2D eigenvalue weighted by Gasteiger charge is 2.12. The van der Waals surface area contributed by atoms with E-state index in [0.717, 1.165) is 16.9 Å². The average molecular weight is 280 g/mol. The van der Waals surface area contributed by atoms with Gasteiger partial charge < -0.3 is 15.6 Å². The molecule has 0 radical (unpaired) electrons. The number of para-hydroxylation sites is 1. The van der Waals surface area contributed by atoms with Crippen LogP contribution in [-0.4, -0.2) is 17.0 Å². The number of benzene rings is 2. The van der Waals surface area contributed by atoms with Gasteiger partial charge in [-0.1, -0.05) is 18.2 Å². The Morgan fingerprint density at radius 1 is 1.19 bits per heavy atom. The van der Waals surface area contributed by atoms with Gasteiger partial charge in [-0.2, -0.15) is 0 Å². The minimum atomic E-state index is -0.184. The quantitative estimate of drug-likeness (QED) is 0.707. The van der Waals surface area contributed by atoms with Crippen LogP contribution < -0.4 is 16.2 Å². The van der Waals surface area contributed by atoms with E-state index in [1.165, 1.54) is 6.33 Å². The van der Waals surface area contributed by atoms with Crippen molar-refractivity contribution >= 4 is 28.0 Å². The van der Waals surface area contributed by atoms with Crippen molar-refractivity contribution in [3.63, 3.8) is 0 Å². The number of rotatable bonds is 2. The summed E-state index contributed by atoms with van der Waals surface area (Å²) < 4.78 is 0. The molecule has 5 nitrogen and oxygen atoms in total. The van der Waals surface area contributed by atoms with Gasteiger partial charge >= 0.3 is 0 Å². The third-order valence-corrected chi connectivity index (χ3v) is 3.63. The summed E-state index contributed by atoms with van der Waals surface area (Å²) in [6, 6.07) is 11.6. The maximum absolute atomic E-state index is 11.8. The number of nitrogens with two attached hydrogens (primary N) is 1. The first-order valence-corrected chi connectivity index (χ1v) is 6.64. The second-order valence-corrected chi connectivity index (χ2v) is 5.01. The summed E-state index contributed by atoms with van der Waals surface area (Å²) in [5.41, 5.74) is 10.2. The summed E-state index contributed by atoms with van der Waals surface area (Å²) in [7, 11) is 1.95. The second kappa shape index (κ2) is 4.94. The molecule has 0 fully saturated rings. The summed E-state index contributed by atoms with van der Waals surface area (Å²) >= 11 is 0. The number of fused-ring (bicyclic) bond motifs is 1. The summed E-state index contributed by atoms with van der Waals surface area (Å²) in [5, 5.41) is 0.497. The molecule has 3 rings (SSSR count). The molecule has 3 N–H and O–H groups in total. The van der Waals surface area contributed by atoms with Crippen molar-refractivity contribution < 1.29 is 0 Å². The third-order valence-electron chi connectivity index (χ3n) is 3.63. The van der Waals surface area contributed by atoms with Crippen molar-refractivity contribution in [3.8, 4) is 0 Å². The van der Waals surface area contributed by atoms with Crippen LogP contribution in [0.1, 0.15) is 5.56 Å². The molecule has 3 aromatic rings. The van der Waals surface area contributed by atoms with E-state index in [2.05, 4.69) is 9.97 Å². The van der Waals surface area contributed by atoms with Gasteiger partial charge in [0.15, 0.2) is 0 Å². The molecule has 0 saturated heterocycles. The Hall–Kier alpha value is -2.82. The highest BCUT2D eigenvalue weighted by molar-refractivity contribution is 5.90. The molecule has 0 aliphatic heterocycles. The van der Waals surface area contributed by atoms with Crippen molar-refractivity contribution in [1.82, 2.24) is 9.97 Å². The Labute approximate surface area is 122 Å². The Morgan fingerprint density at radius 3 is 2.71 bits per heavy atom. The van der Waals surface area contributed by atoms with Gasteiger partial charge in [-0.15, -0.1) is 0 Å². The third kappa shape index (κ3) is 2.23. The standard InChI is InChI=1S/C16H16N4O/c1-10-5-3-4-6-14(10)20(2)15-8-13-11(7-12(15)17)16(21)19-9-18-13/h3-9H,17H2,1-2H3,(H,18,19,21). The Morgan fingerprint density at radius 2 is 1.95 bits per heavy atom. The van der Waals surface area contributed by atoms with Crippen molar-refractivity contribution in [2.24, 2.45) is 0 Å². The van der Waals surface area contributed by atoms with Gasteiger partial charge in [-0.3, -0.25) is 4.79 Å². The monoisotopic (exact) mass is 280 g/mol. The normalized spacial score (nSPS) is 10.8. The summed E-state index contributed by atoms with van der Waals surface area (Å²) in [5.74, 6) is 0. The largest absolute Gasteiger partial charge is 0.397 e. The lowest BCUT2D eigenvalue weighted by atomic mass is 10.1. The van der Waals surface area contributed by atoms with E-state index in [9.17, 15) is 4.79 Å². The van der Waals surface area contributed by atoms with E-state index in [-0.39, 0.29) is 5.56 Å². The first kappa shape index (κ1) is 13.2. The lowest BCUT2D eigenvalue weighted by Gasteiger charge is -2.23. The van der Waals surface area contributed by atoms with E-state index in [1.807, 2.05) is 49.2 Å². The van der Waals surface area contributed by atoms with Crippen molar-refractivity contribution in [2.45, 2.75) is 6.92 Å². The zero-order chi connectivity index (χ0) is 15.0. The number of hydrogen-bond acceptors (Lipinski definition) is 4. The number of nitrogens with zero attached hydrogens (tertiary/aromatic N) is 2. The van der Waals surface area contributed by atoms with Crippen LogP contribution in [-0.2, 0) is 0 Å². The van der Waals surface area contributed by atoms with Crippen LogP contribution in [0.15, 0.2) is 47.5 Å². The van der Waals surface area contributed by atoms with E-state index >= 15 is 0 Å². The van der Waals surface area contributed by atoms with Gasteiger partial charge in [0.05, 0.1) is 28.6 Å². The van der Waals surface area contributed by atoms with Gasteiger partial charge in [-0.05, 0) is 30.7 Å². The van der Waals surface area contributed by atoms with Crippen LogP contribution in [0.4, 0.5) is 17.1 Å². The first-order valence-electron chi connectivity index (χ1n) is 6.64. The lowest BCUT2D eigenvalue weighted by molar-refractivity contribution is 1.16. The number of aromatic nitrogens is 2. The van der Waals surface area contributed by atoms with Crippen LogP contribution in [0.25, 0.3) is 10.9 Å². The van der Waals surface area contributed by atoms with Crippen molar-refractivity contribution in [1.29, 1.82) is 0 Å². The summed E-state index contributed by atoms with van der Waals surface area (Å²) in [4.78, 5) is 20.5. The molecule has 0 aliphatic carbocycles. The SMILES string of the molecule is Cc1ccccc1N(C)c1cc2nc[nH]c(=O)c2cc1N. The van der Waals surface area contributed by atoms with E-state index in [0.29, 0.717) is 16.6 Å². The first-order chi connectivity index (χ1) is 10.1. The Bertz CT molecular complexity index is 870. The van der Waals surface area contributed by atoms with Crippen LogP contribution in [0.2, 0.25) is 0 Å². The molecule has 0 unspecified atom stereocenters. The van der Waals surface area contributed by atoms with Gasteiger partial charge in [0, 0.05) is 12.7 Å². The van der Waals surface area contributed by atoms with Gasteiger partial charge in [-0.25, -0.2) is 4.98 Å². The van der Waals surface area contributed by atoms with E-state index < -0.39 is 0 Å². The second-order valence-electron chi connectivity index (χ2n) is 5.01. The van der Waals surface area contributed by atoms with Gasteiger partial charge in [0.2, 0.25) is 0 Å². The van der Waals surface area contributed by atoms with Crippen LogP contribution >= 0.6 is 0 Å². The zero-order valence-electron chi connectivity index (χ0n) is 11.9. The number of anilines is 3. The topological polar surface area (TPSA) is 75.0 Å². The lowest BCUT2D eigenvalue weighted by Crippen LogP contribution is -2.14. The molecular formula is C16H16N4O. The summed E-state index contributed by atoms with van der Waals surface area (Å²) in [6.07, 6.45) is 1.40. The molecule has 0 bridgehead atoms. The molecule has 0 saturated carbocycles. The fourth-order valence-corrected chi connectivity index (χ4v) is 2.48. The molecule has 2 aromatic carbocycles. The average Bonchev–Trinajstić information content (AvgIpc) is 2.47. The number of nitrogens with one attached hydrogen (secondary N) is 1. The zero-order valence-corrected chi connectivity index (χ0v) is 11.9. The molecule has 21 heavy (non-hydrogen) atoms. The van der Waals surface area contributed by atoms with Crippen LogP contribution in [0, 0.1) is 6.92 Å². The predicted octanol–water partition coefficient (Wildman–Crippen LogP) is 2.58. The predicted molar refractivity (Wildman–Crippen MR) is 86.0 cm³/mol. The molecular weight excluding hydrogens is 264 g/mol. The Balaban J connectivity index is 2.19. The summed E-state index contributed by atoms with van der Waals surface area (Å²) in [6.45, 7) is 2.05. The number of H-pyrrole nitrogens is 1. The number of aryl methyl sites for hydroxylation is 1. The van der Waals surface area contributed by atoms with Crippen molar-refractivity contribution in [2.75, 3.05) is 17.7 Å². The number of aromatic amines is 1. The fourth-order valence-electron chi connectivity index (χ4n) is 2.48. The molecule has 0 aliphatic rings. The van der Waals surface area contributed by atoms with Crippen LogP contribution in [0.3, 0.4) is 0 Å². The minimum Gasteiger partial charge on any atom is -0.397 e. The maximum atomic E-state index is 11.8. The van der Waals surface area contributed by atoms with Gasteiger partial charge in [0.25, 0.3) is 5.56 Å². The molecule has 5 heteroatoms. The van der Waals surface area contributed by atoms with E-state index in [4.69, 9.17) is 5.73 Å². The highest BCUT2D eigenvalue weighted by atomic mass is 16.1. The maximum Gasteiger partial charge on any atom is 0.258 e. The molecule has 0 spiro atoms. The van der Waals surface area contributed by atoms with Crippen molar-refractivity contribution in [3.05, 3.63) is 58.6 Å². The number of hydrogen-bond donors (Lipinski definition) is 2. The molecule has 0 amide bonds. The number of nitrogen functional groups attached to an aromatic ring is 1. The van der Waals surface area contributed by atoms with Crippen LogP contribution in [0.5, 0.6) is 0 Å². The smallest absolute Gasteiger partial charge is 0.258 e. The molecule has 106 valence electrons. The highest BCUT2D eigenvalue weighted by Crippen LogP contribution is 2.32. The van der Waals surface area contributed by atoms with Gasteiger partial charge in [0.1, 0.15) is 0 Å². The molecule has 0 atom stereocenters. The molecule has 1 aromatic heterocycles. The molecule has 1 heterocycles.